The molecule has 0 radical (unpaired) electrons. The van der Waals surface area contributed by atoms with Gasteiger partial charge in [-0.25, -0.2) is 13.1 Å². The van der Waals surface area contributed by atoms with Crippen LogP contribution in [0.3, 0.4) is 0 Å². The monoisotopic (exact) mass is 418 g/mol. The minimum atomic E-state index is -3.20. The lowest BCUT2D eigenvalue weighted by Crippen LogP contribution is -2.36. The first-order valence-corrected chi connectivity index (χ1v) is 13.2. The van der Waals surface area contributed by atoms with E-state index in [0.717, 1.165) is 25.8 Å². The lowest BCUT2D eigenvalue weighted by molar-refractivity contribution is -0.132. The van der Waals surface area contributed by atoms with Gasteiger partial charge in [0.2, 0.25) is 15.9 Å². The zero-order valence-corrected chi connectivity index (χ0v) is 18.3. The second kappa shape index (κ2) is 8.76. The highest BCUT2D eigenvalue weighted by Crippen LogP contribution is 2.51. The van der Waals surface area contributed by atoms with Crippen molar-refractivity contribution in [1.29, 1.82) is 0 Å². The number of hydrogen-bond donors (Lipinski definition) is 1. The van der Waals surface area contributed by atoms with E-state index in [-0.39, 0.29) is 17.9 Å². The average molecular weight is 419 g/mol. The predicted octanol–water partition coefficient (Wildman–Crippen LogP) is 3.77. The number of amides is 1. The lowest BCUT2D eigenvalue weighted by Gasteiger charge is -2.25. The van der Waals surface area contributed by atoms with Crippen LogP contribution in [0.1, 0.15) is 80.8 Å². The number of sulfonamides is 1. The van der Waals surface area contributed by atoms with Crippen LogP contribution in [0.4, 0.5) is 0 Å². The summed E-state index contributed by atoms with van der Waals surface area (Å²) in [5.74, 6) is 1.42. The van der Waals surface area contributed by atoms with Gasteiger partial charge in [0.25, 0.3) is 0 Å². The summed E-state index contributed by atoms with van der Waals surface area (Å²) in [5, 5.41) is 0. The maximum Gasteiger partial charge on any atom is 0.226 e. The molecule has 1 amide bonds. The SMILES string of the molecule is CS(=O)(=O)N[C@H]1CCCN(C(=O)[C@@H]2C[C@H]2c2ccccc2C2CCCCC2)CC1. The van der Waals surface area contributed by atoms with Crippen LogP contribution in [0.25, 0.3) is 0 Å². The summed E-state index contributed by atoms with van der Waals surface area (Å²) in [5.41, 5.74) is 2.89. The zero-order chi connectivity index (χ0) is 20.4. The van der Waals surface area contributed by atoms with Crippen molar-refractivity contribution in [2.45, 2.75) is 75.7 Å². The summed E-state index contributed by atoms with van der Waals surface area (Å²) in [6.45, 7) is 1.40. The zero-order valence-electron chi connectivity index (χ0n) is 17.5. The molecule has 4 rings (SSSR count). The van der Waals surface area contributed by atoms with Crippen molar-refractivity contribution >= 4 is 15.9 Å². The van der Waals surface area contributed by atoms with Gasteiger partial charge in [-0.3, -0.25) is 4.79 Å². The number of hydrogen-bond acceptors (Lipinski definition) is 3. The summed E-state index contributed by atoms with van der Waals surface area (Å²) in [6, 6.07) is 8.75. The van der Waals surface area contributed by atoms with Crippen molar-refractivity contribution in [2.24, 2.45) is 5.92 Å². The van der Waals surface area contributed by atoms with Crippen LogP contribution in [0, 0.1) is 5.92 Å². The van der Waals surface area contributed by atoms with Gasteiger partial charge in [-0.2, -0.15) is 0 Å². The molecular weight excluding hydrogens is 384 g/mol. The molecule has 2 saturated carbocycles. The molecule has 3 fully saturated rings. The summed E-state index contributed by atoms with van der Waals surface area (Å²) in [4.78, 5) is 15.1. The second-order valence-corrected chi connectivity index (χ2v) is 11.0. The van der Waals surface area contributed by atoms with Crippen LogP contribution in [-0.4, -0.2) is 44.6 Å². The van der Waals surface area contributed by atoms with Gasteiger partial charge in [-0.1, -0.05) is 43.5 Å². The van der Waals surface area contributed by atoms with Crippen LogP contribution >= 0.6 is 0 Å². The Morgan fingerprint density at radius 3 is 2.41 bits per heavy atom. The largest absolute Gasteiger partial charge is 0.342 e. The molecule has 1 N–H and O–H groups in total. The summed E-state index contributed by atoms with van der Waals surface area (Å²) in [6.07, 6.45) is 11.1. The molecule has 3 aliphatic rings. The number of carbonyl (C=O) groups is 1. The standard InChI is InChI=1S/C23H34N2O3S/c1-29(27,28)24-18-10-7-14-25(15-13-18)23(26)22-16-21(22)20-12-6-5-11-19(20)17-8-3-2-4-9-17/h5-6,11-12,17-18,21-22,24H,2-4,7-10,13-16H2,1H3/t18-,21-,22+/m0/s1. The Morgan fingerprint density at radius 1 is 0.966 bits per heavy atom. The molecule has 0 bridgehead atoms. The normalized spacial score (nSPS) is 28.7. The first-order valence-electron chi connectivity index (χ1n) is 11.3. The van der Waals surface area contributed by atoms with E-state index in [0.29, 0.717) is 24.8 Å². The van der Waals surface area contributed by atoms with Crippen LogP contribution < -0.4 is 4.72 Å². The van der Waals surface area contributed by atoms with Gasteiger partial charge >= 0.3 is 0 Å². The van der Waals surface area contributed by atoms with Crippen molar-refractivity contribution in [3.63, 3.8) is 0 Å². The third kappa shape index (κ3) is 5.21. The van der Waals surface area contributed by atoms with E-state index in [2.05, 4.69) is 29.0 Å². The van der Waals surface area contributed by atoms with Crippen LogP contribution in [0.15, 0.2) is 24.3 Å². The quantitative estimate of drug-likeness (QED) is 0.792. The van der Waals surface area contributed by atoms with E-state index in [4.69, 9.17) is 0 Å². The highest BCUT2D eigenvalue weighted by atomic mass is 32.2. The number of nitrogens with one attached hydrogen (secondary N) is 1. The highest BCUT2D eigenvalue weighted by Gasteiger charge is 2.47. The molecule has 1 saturated heterocycles. The first kappa shape index (κ1) is 20.9. The molecule has 160 valence electrons. The topological polar surface area (TPSA) is 66.5 Å². The number of nitrogens with zero attached hydrogens (tertiary/aromatic N) is 1. The maximum absolute atomic E-state index is 13.2. The fourth-order valence-corrected chi connectivity index (χ4v) is 6.26. The Labute approximate surface area is 175 Å². The molecule has 1 aromatic carbocycles. The second-order valence-electron chi connectivity index (χ2n) is 9.26. The molecule has 6 heteroatoms. The van der Waals surface area contributed by atoms with Gasteiger partial charge in [0.05, 0.1) is 6.26 Å². The fraction of sp³-hybridized carbons (Fsp3) is 0.696. The smallest absolute Gasteiger partial charge is 0.226 e. The average Bonchev–Trinajstić information content (AvgIpc) is 3.52. The number of likely N-dealkylation sites (tertiary alicyclic amines) is 1. The van der Waals surface area contributed by atoms with Gasteiger partial charge in [0, 0.05) is 25.0 Å². The molecule has 1 aliphatic heterocycles. The first-order chi connectivity index (χ1) is 13.9. The molecular formula is C23H34N2O3S. The van der Waals surface area contributed by atoms with Crippen LogP contribution in [0.5, 0.6) is 0 Å². The number of rotatable bonds is 5. The van der Waals surface area contributed by atoms with E-state index in [9.17, 15) is 13.2 Å². The third-order valence-corrected chi connectivity index (χ3v) is 7.73. The molecule has 0 unspecified atom stereocenters. The predicted molar refractivity (Wildman–Crippen MR) is 115 cm³/mol. The van der Waals surface area contributed by atoms with Crippen molar-refractivity contribution in [3.05, 3.63) is 35.4 Å². The van der Waals surface area contributed by atoms with Crippen LogP contribution in [-0.2, 0) is 14.8 Å². The van der Waals surface area contributed by atoms with Crippen LogP contribution in [0.2, 0.25) is 0 Å². The summed E-state index contributed by atoms with van der Waals surface area (Å²) < 4.78 is 25.7. The van der Waals surface area contributed by atoms with Gasteiger partial charge in [0.15, 0.2) is 0 Å². The fourth-order valence-electron chi connectivity index (χ4n) is 5.42. The van der Waals surface area contributed by atoms with E-state index in [1.807, 2.05) is 4.90 Å². The summed E-state index contributed by atoms with van der Waals surface area (Å²) >= 11 is 0. The molecule has 0 aromatic heterocycles. The minimum absolute atomic E-state index is 0.0511. The summed E-state index contributed by atoms with van der Waals surface area (Å²) in [7, 11) is -3.20. The molecule has 5 nitrogen and oxygen atoms in total. The van der Waals surface area contributed by atoms with Gasteiger partial charge in [-0.05, 0) is 61.5 Å². The van der Waals surface area contributed by atoms with Crippen molar-refractivity contribution in [3.8, 4) is 0 Å². The van der Waals surface area contributed by atoms with E-state index < -0.39 is 10.0 Å². The molecule has 29 heavy (non-hydrogen) atoms. The van der Waals surface area contributed by atoms with E-state index in [1.54, 1.807) is 0 Å². The Kier molecular flexibility index (Phi) is 6.30. The van der Waals surface area contributed by atoms with E-state index >= 15 is 0 Å². The molecule has 3 atom stereocenters. The minimum Gasteiger partial charge on any atom is -0.342 e. The lowest BCUT2D eigenvalue weighted by atomic mass is 9.81. The molecule has 1 heterocycles. The Bertz CT molecular complexity index is 832. The number of benzene rings is 1. The maximum atomic E-state index is 13.2. The number of carbonyl (C=O) groups excluding carboxylic acids is 1. The molecule has 0 spiro atoms. The Hall–Kier alpha value is -1.40. The Morgan fingerprint density at radius 2 is 1.69 bits per heavy atom. The third-order valence-electron chi connectivity index (χ3n) is 6.97. The van der Waals surface area contributed by atoms with Gasteiger partial charge in [0.1, 0.15) is 0 Å². The molecule has 1 aromatic rings. The molecule has 2 aliphatic carbocycles. The van der Waals surface area contributed by atoms with Crippen molar-refractivity contribution < 1.29 is 13.2 Å². The Balaban J connectivity index is 1.39. The van der Waals surface area contributed by atoms with Gasteiger partial charge < -0.3 is 4.90 Å². The highest BCUT2D eigenvalue weighted by molar-refractivity contribution is 7.88. The van der Waals surface area contributed by atoms with E-state index in [1.165, 1.54) is 49.5 Å². The van der Waals surface area contributed by atoms with Gasteiger partial charge in [-0.15, -0.1) is 0 Å². The van der Waals surface area contributed by atoms with Crippen molar-refractivity contribution in [2.75, 3.05) is 19.3 Å². The van der Waals surface area contributed by atoms with Crippen molar-refractivity contribution in [1.82, 2.24) is 9.62 Å².